The van der Waals surface area contributed by atoms with Crippen LogP contribution in [0.4, 0.5) is 11.4 Å². The summed E-state index contributed by atoms with van der Waals surface area (Å²) in [5.74, 6) is 1.41. The van der Waals surface area contributed by atoms with Gasteiger partial charge < -0.3 is 10.1 Å². The molecular formula is C19H17ClN2O3. The van der Waals surface area contributed by atoms with Crippen LogP contribution in [0.15, 0.2) is 48.6 Å². The second kappa shape index (κ2) is 6.08. The van der Waals surface area contributed by atoms with Crippen LogP contribution in [-0.4, -0.2) is 12.0 Å². The van der Waals surface area contributed by atoms with Gasteiger partial charge in [-0.25, -0.2) is 0 Å². The fourth-order valence-electron chi connectivity index (χ4n) is 3.89. The smallest absolute Gasteiger partial charge is 0.288 e. The van der Waals surface area contributed by atoms with Gasteiger partial charge in [-0.05, 0) is 47.7 Å². The minimum atomic E-state index is -0.433. The van der Waals surface area contributed by atoms with E-state index in [1.807, 2.05) is 18.2 Å². The molecule has 1 heterocycles. The van der Waals surface area contributed by atoms with Gasteiger partial charge in [0, 0.05) is 17.7 Å². The number of nitro groups is 1. The van der Waals surface area contributed by atoms with Gasteiger partial charge in [0.2, 0.25) is 0 Å². The molecule has 25 heavy (non-hydrogen) atoms. The summed E-state index contributed by atoms with van der Waals surface area (Å²) in [7, 11) is 1.66. The molecule has 6 heteroatoms. The quantitative estimate of drug-likeness (QED) is 0.473. The van der Waals surface area contributed by atoms with Crippen molar-refractivity contribution in [2.24, 2.45) is 5.92 Å². The Balaban J connectivity index is 1.77. The van der Waals surface area contributed by atoms with E-state index in [9.17, 15) is 10.1 Å². The first-order valence-corrected chi connectivity index (χ1v) is 8.51. The molecule has 128 valence electrons. The highest BCUT2D eigenvalue weighted by Crippen LogP contribution is 2.50. The van der Waals surface area contributed by atoms with E-state index in [0.717, 1.165) is 23.4 Å². The van der Waals surface area contributed by atoms with E-state index in [1.54, 1.807) is 19.2 Å². The maximum atomic E-state index is 11.2. The average molecular weight is 357 g/mol. The van der Waals surface area contributed by atoms with Crippen LogP contribution in [0, 0.1) is 16.0 Å². The van der Waals surface area contributed by atoms with Crippen molar-refractivity contribution in [3.63, 3.8) is 0 Å². The molecule has 3 atom stereocenters. The highest BCUT2D eigenvalue weighted by Gasteiger charge is 2.38. The predicted octanol–water partition coefficient (Wildman–Crippen LogP) is 5.08. The molecule has 4 rings (SSSR count). The molecule has 2 aliphatic rings. The second-order valence-electron chi connectivity index (χ2n) is 6.40. The Hall–Kier alpha value is -2.53. The normalized spacial score (nSPS) is 23.5. The van der Waals surface area contributed by atoms with Crippen LogP contribution in [0.1, 0.15) is 29.5 Å². The van der Waals surface area contributed by atoms with Gasteiger partial charge in [0.05, 0.1) is 18.1 Å². The number of methoxy groups -OCH3 is 1. The van der Waals surface area contributed by atoms with Crippen LogP contribution < -0.4 is 10.1 Å². The molecule has 1 aliphatic heterocycles. The number of benzene rings is 2. The number of rotatable bonds is 3. The largest absolute Gasteiger partial charge is 0.497 e. The summed E-state index contributed by atoms with van der Waals surface area (Å²) in [4.78, 5) is 10.8. The van der Waals surface area contributed by atoms with Gasteiger partial charge in [0.15, 0.2) is 0 Å². The Morgan fingerprint density at radius 3 is 2.88 bits per heavy atom. The van der Waals surface area contributed by atoms with Gasteiger partial charge in [0.1, 0.15) is 10.8 Å². The van der Waals surface area contributed by atoms with Crippen molar-refractivity contribution in [1.82, 2.24) is 0 Å². The van der Waals surface area contributed by atoms with Crippen molar-refractivity contribution in [2.75, 3.05) is 12.4 Å². The fourth-order valence-corrected chi connectivity index (χ4v) is 4.08. The lowest BCUT2D eigenvalue weighted by Gasteiger charge is -2.37. The average Bonchev–Trinajstić information content (AvgIpc) is 3.11. The molecule has 0 radical (unpaired) electrons. The van der Waals surface area contributed by atoms with E-state index < -0.39 is 4.92 Å². The lowest BCUT2D eigenvalue weighted by atomic mass is 9.77. The van der Waals surface area contributed by atoms with Crippen LogP contribution >= 0.6 is 11.6 Å². The van der Waals surface area contributed by atoms with E-state index in [4.69, 9.17) is 16.3 Å². The molecule has 0 spiro atoms. The van der Waals surface area contributed by atoms with Crippen LogP contribution in [0.2, 0.25) is 5.02 Å². The summed E-state index contributed by atoms with van der Waals surface area (Å²) < 4.78 is 5.35. The van der Waals surface area contributed by atoms with E-state index in [2.05, 4.69) is 23.5 Å². The van der Waals surface area contributed by atoms with Crippen molar-refractivity contribution >= 4 is 23.0 Å². The molecule has 5 nitrogen and oxygen atoms in total. The number of ether oxygens (including phenoxy) is 1. The zero-order chi connectivity index (χ0) is 17.6. The monoisotopic (exact) mass is 356 g/mol. The lowest BCUT2D eigenvalue weighted by Crippen LogP contribution is -2.29. The number of anilines is 1. The molecule has 1 aliphatic carbocycles. The number of nitrogens with one attached hydrogen (secondary N) is 1. The summed E-state index contributed by atoms with van der Waals surface area (Å²) in [6.07, 6.45) is 5.33. The Kier molecular flexibility index (Phi) is 3.88. The van der Waals surface area contributed by atoms with Gasteiger partial charge >= 0.3 is 0 Å². The molecule has 2 aromatic carbocycles. The Labute approximate surface area is 150 Å². The number of hydrogen-bond acceptors (Lipinski definition) is 4. The zero-order valence-electron chi connectivity index (χ0n) is 13.6. The van der Waals surface area contributed by atoms with Crippen LogP contribution in [-0.2, 0) is 0 Å². The molecule has 0 aromatic heterocycles. The van der Waals surface area contributed by atoms with Crippen molar-refractivity contribution in [3.8, 4) is 5.75 Å². The third kappa shape index (κ3) is 2.65. The number of fused-ring (bicyclic) bond motifs is 3. The van der Waals surface area contributed by atoms with E-state index >= 15 is 0 Å². The molecule has 1 N–H and O–H groups in total. The topological polar surface area (TPSA) is 64.4 Å². The fraction of sp³-hybridized carbons (Fsp3) is 0.263. The number of halogens is 1. The molecule has 2 aromatic rings. The summed E-state index contributed by atoms with van der Waals surface area (Å²) in [6, 6.07) is 11.1. The minimum Gasteiger partial charge on any atom is -0.497 e. The zero-order valence-corrected chi connectivity index (χ0v) is 14.4. The van der Waals surface area contributed by atoms with Crippen molar-refractivity contribution in [3.05, 3.63) is 74.8 Å². The van der Waals surface area contributed by atoms with Crippen molar-refractivity contribution in [1.29, 1.82) is 0 Å². The third-order valence-electron chi connectivity index (χ3n) is 5.10. The SMILES string of the molecule is COc1ccc2c(c1)C1C=CCC1C(c1ccc(Cl)c([N+](=O)[O-])c1)N2. The number of nitro benzene ring substituents is 1. The summed E-state index contributed by atoms with van der Waals surface area (Å²) in [5, 5.41) is 15.0. The first kappa shape index (κ1) is 16.0. The lowest BCUT2D eigenvalue weighted by molar-refractivity contribution is -0.384. The van der Waals surface area contributed by atoms with E-state index in [1.165, 1.54) is 5.56 Å². The number of allylic oxidation sites excluding steroid dienone is 2. The first-order chi connectivity index (χ1) is 12.1. The highest BCUT2D eigenvalue weighted by molar-refractivity contribution is 6.32. The van der Waals surface area contributed by atoms with Gasteiger partial charge in [-0.15, -0.1) is 0 Å². The van der Waals surface area contributed by atoms with Crippen LogP contribution in [0.3, 0.4) is 0 Å². The first-order valence-electron chi connectivity index (χ1n) is 8.13. The van der Waals surface area contributed by atoms with Gasteiger partial charge in [-0.2, -0.15) is 0 Å². The third-order valence-corrected chi connectivity index (χ3v) is 5.42. The number of hydrogen-bond donors (Lipinski definition) is 1. The Morgan fingerprint density at radius 2 is 2.12 bits per heavy atom. The summed E-state index contributed by atoms with van der Waals surface area (Å²) >= 11 is 5.97. The van der Waals surface area contributed by atoms with Crippen molar-refractivity contribution in [2.45, 2.75) is 18.4 Å². The maximum Gasteiger partial charge on any atom is 0.288 e. The van der Waals surface area contributed by atoms with E-state index in [0.29, 0.717) is 5.92 Å². The van der Waals surface area contributed by atoms with Gasteiger partial charge in [-0.3, -0.25) is 10.1 Å². The minimum absolute atomic E-state index is 0.00291. The number of nitrogens with zero attached hydrogens (tertiary/aromatic N) is 1. The van der Waals surface area contributed by atoms with Crippen molar-refractivity contribution < 1.29 is 9.66 Å². The molecule has 0 amide bonds. The molecule has 3 unspecified atom stereocenters. The molecule has 0 bridgehead atoms. The Morgan fingerprint density at radius 1 is 1.28 bits per heavy atom. The standard InChI is InChI=1S/C19H17ClN2O3/c1-25-12-6-8-17-15(10-12)13-3-2-4-14(13)19(21-17)11-5-7-16(20)18(9-11)22(23)24/h2-3,5-10,13-14,19,21H,4H2,1H3. The highest BCUT2D eigenvalue weighted by atomic mass is 35.5. The maximum absolute atomic E-state index is 11.2. The van der Waals surface area contributed by atoms with Gasteiger partial charge in [-0.1, -0.05) is 29.8 Å². The Bertz CT molecular complexity index is 881. The summed E-state index contributed by atoms with van der Waals surface area (Å²) in [6.45, 7) is 0. The molecular weight excluding hydrogens is 340 g/mol. The molecule has 0 fully saturated rings. The van der Waals surface area contributed by atoms with Crippen LogP contribution in [0.25, 0.3) is 0 Å². The van der Waals surface area contributed by atoms with Gasteiger partial charge in [0.25, 0.3) is 5.69 Å². The second-order valence-corrected chi connectivity index (χ2v) is 6.80. The van der Waals surface area contributed by atoms with E-state index in [-0.39, 0.29) is 22.7 Å². The molecule has 0 saturated carbocycles. The summed E-state index contributed by atoms with van der Waals surface area (Å²) in [5.41, 5.74) is 3.08. The predicted molar refractivity (Wildman–Crippen MR) is 97.5 cm³/mol. The van der Waals surface area contributed by atoms with Crippen LogP contribution in [0.5, 0.6) is 5.75 Å². The molecule has 0 saturated heterocycles.